The van der Waals surface area contributed by atoms with E-state index in [0.717, 1.165) is 58.4 Å². The lowest BCUT2D eigenvalue weighted by Crippen LogP contribution is -2.54. The Morgan fingerprint density at radius 3 is 2.33 bits per heavy atom. The lowest BCUT2D eigenvalue weighted by molar-refractivity contribution is -0.139. The maximum atomic E-state index is 12.7. The summed E-state index contributed by atoms with van der Waals surface area (Å²) in [6.07, 6.45) is 8.01. The molecule has 0 aromatic rings. The summed E-state index contributed by atoms with van der Waals surface area (Å²) < 4.78 is 0. The average Bonchev–Trinajstić information content (AvgIpc) is 2.68. The summed E-state index contributed by atoms with van der Waals surface area (Å²) in [4.78, 5) is 31.6. The molecular formula is C20H37ClN4O2. The molecule has 3 fully saturated rings. The lowest BCUT2D eigenvalue weighted by atomic mass is 9.92. The lowest BCUT2D eigenvalue weighted by Gasteiger charge is -2.39. The van der Waals surface area contributed by atoms with Crippen molar-refractivity contribution >= 4 is 24.2 Å². The van der Waals surface area contributed by atoms with Crippen molar-refractivity contribution in [1.29, 1.82) is 0 Å². The smallest absolute Gasteiger partial charge is 0.236 e. The van der Waals surface area contributed by atoms with Gasteiger partial charge in [0.2, 0.25) is 11.8 Å². The van der Waals surface area contributed by atoms with E-state index in [1.807, 2.05) is 16.8 Å². The van der Waals surface area contributed by atoms with E-state index in [1.165, 1.54) is 19.3 Å². The number of piperidine rings is 1. The van der Waals surface area contributed by atoms with Crippen molar-refractivity contribution < 1.29 is 9.59 Å². The van der Waals surface area contributed by atoms with Crippen LogP contribution in [0.3, 0.4) is 0 Å². The summed E-state index contributed by atoms with van der Waals surface area (Å²) in [5, 5.41) is 3.41. The summed E-state index contributed by atoms with van der Waals surface area (Å²) in [6, 6.07) is 0.868. The van der Waals surface area contributed by atoms with Gasteiger partial charge >= 0.3 is 0 Å². The van der Waals surface area contributed by atoms with Crippen molar-refractivity contribution in [3.8, 4) is 0 Å². The first-order valence-corrected chi connectivity index (χ1v) is 10.5. The van der Waals surface area contributed by atoms with Crippen LogP contribution >= 0.6 is 12.4 Å². The van der Waals surface area contributed by atoms with Crippen LogP contribution in [0, 0.1) is 5.92 Å². The van der Waals surface area contributed by atoms with Gasteiger partial charge in [0.15, 0.2) is 0 Å². The number of piperazine rings is 1. The van der Waals surface area contributed by atoms with Crippen molar-refractivity contribution in [3.05, 3.63) is 0 Å². The quantitative estimate of drug-likeness (QED) is 0.780. The Kier molecular flexibility index (Phi) is 8.83. The number of likely N-dealkylation sites (N-methyl/N-ethyl adjacent to an activating group) is 1. The summed E-state index contributed by atoms with van der Waals surface area (Å²) >= 11 is 0. The van der Waals surface area contributed by atoms with Gasteiger partial charge in [0, 0.05) is 51.2 Å². The third-order valence-corrected chi connectivity index (χ3v) is 6.53. The minimum absolute atomic E-state index is 0. The zero-order valence-corrected chi connectivity index (χ0v) is 17.8. The Hall–Kier alpha value is -0.850. The van der Waals surface area contributed by atoms with Gasteiger partial charge in [-0.25, -0.2) is 0 Å². The van der Waals surface area contributed by atoms with Gasteiger partial charge in [0.05, 0.1) is 6.54 Å². The number of nitrogens with zero attached hydrogens (tertiary/aromatic N) is 3. The molecule has 0 aromatic heterocycles. The predicted octanol–water partition coefficient (Wildman–Crippen LogP) is 1.73. The molecule has 7 heteroatoms. The number of hydrogen-bond acceptors (Lipinski definition) is 4. The number of amides is 2. The highest BCUT2D eigenvalue weighted by Crippen LogP contribution is 2.22. The van der Waals surface area contributed by atoms with E-state index in [-0.39, 0.29) is 24.2 Å². The Labute approximate surface area is 170 Å². The van der Waals surface area contributed by atoms with Crippen LogP contribution in [0.5, 0.6) is 0 Å². The molecule has 1 aliphatic carbocycles. The first-order chi connectivity index (χ1) is 12.5. The van der Waals surface area contributed by atoms with Crippen LogP contribution < -0.4 is 5.32 Å². The number of carbonyl (C=O) groups excluding carboxylic acids is 2. The molecule has 1 N–H and O–H groups in total. The van der Waals surface area contributed by atoms with Crippen LogP contribution in [0.15, 0.2) is 0 Å². The minimum Gasteiger partial charge on any atom is -0.342 e. The van der Waals surface area contributed by atoms with Gasteiger partial charge in [-0.1, -0.05) is 19.3 Å². The number of carbonyl (C=O) groups is 2. The molecule has 2 heterocycles. The van der Waals surface area contributed by atoms with E-state index >= 15 is 0 Å². The van der Waals surface area contributed by atoms with Crippen molar-refractivity contribution in [2.75, 3.05) is 46.3 Å². The van der Waals surface area contributed by atoms with E-state index in [4.69, 9.17) is 0 Å². The fourth-order valence-electron chi connectivity index (χ4n) is 4.72. The monoisotopic (exact) mass is 400 g/mol. The van der Waals surface area contributed by atoms with Gasteiger partial charge in [-0.15, -0.1) is 12.4 Å². The summed E-state index contributed by atoms with van der Waals surface area (Å²) in [6.45, 7) is 6.76. The summed E-state index contributed by atoms with van der Waals surface area (Å²) in [7, 11) is 1.97. The number of halogens is 1. The van der Waals surface area contributed by atoms with Gasteiger partial charge in [0.25, 0.3) is 0 Å². The van der Waals surface area contributed by atoms with Crippen LogP contribution in [0.1, 0.15) is 51.9 Å². The minimum atomic E-state index is 0. The first-order valence-electron chi connectivity index (χ1n) is 10.5. The average molecular weight is 401 g/mol. The fourth-order valence-corrected chi connectivity index (χ4v) is 4.72. The van der Waals surface area contributed by atoms with Crippen LogP contribution in [0.25, 0.3) is 0 Å². The summed E-state index contributed by atoms with van der Waals surface area (Å²) in [5.41, 5.74) is 0. The summed E-state index contributed by atoms with van der Waals surface area (Å²) in [5.74, 6) is 0.740. The van der Waals surface area contributed by atoms with Gasteiger partial charge < -0.3 is 15.1 Å². The molecule has 3 aliphatic rings. The van der Waals surface area contributed by atoms with Gasteiger partial charge in [-0.3, -0.25) is 14.5 Å². The van der Waals surface area contributed by atoms with Crippen LogP contribution in [0.4, 0.5) is 0 Å². The van der Waals surface area contributed by atoms with Gasteiger partial charge in [0.1, 0.15) is 0 Å². The molecule has 0 unspecified atom stereocenters. The maximum Gasteiger partial charge on any atom is 0.236 e. The number of rotatable bonds is 4. The molecule has 6 nitrogen and oxygen atoms in total. The van der Waals surface area contributed by atoms with Crippen LogP contribution in [-0.4, -0.2) is 84.9 Å². The molecule has 0 radical (unpaired) electrons. The maximum absolute atomic E-state index is 12.7. The molecule has 2 amide bonds. The second-order valence-corrected chi connectivity index (χ2v) is 8.47. The van der Waals surface area contributed by atoms with E-state index in [0.29, 0.717) is 24.5 Å². The third kappa shape index (κ3) is 6.06. The highest BCUT2D eigenvalue weighted by Gasteiger charge is 2.31. The van der Waals surface area contributed by atoms with Crippen molar-refractivity contribution in [1.82, 2.24) is 20.0 Å². The van der Waals surface area contributed by atoms with E-state index in [1.54, 1.807) is 0 Å². The van der Waals surface area contributed by atoms with E-state index in [9.17, 15) is 9.59 Å². The zero-order valence-electron chi connectivity index (χ0n) is 17.0. The molecule has 2 atom stereocenters. The Morgan fingerprint density at radius 1 is 1.04 bits per heavy atom. The standard InChI is InChI=1S/C20H36N4O2.ClH/c1-16-14-17(8-9-21-16)20(26)24-12-10-23(11-13-24)15-19(25)22(2)18-6-4-3-5-7-18;/h16-18,21H,3-15H2,1-2H3;1H/t16-,17-;/m0./s1. The Morgan fingerprint density at radius 2 is 1.70 bits per heavy atom. The fraction of sp³-hybridized carbons (Fsp3) is 0.900. The topological polar surface area (TPSA) is 55.9 Å². The highest BCUT2D eigenvalue weighted by atomic mass is 35.5. The zero-order chi connectivity index (χ0) is 18.5. The third-order valence-electron chi connectivity index (χ3n) is 6.53. The number of nitrogens with one attached hydrogen (secondary N) is 1. The second kappa shape index (κ2) is 10.6. The Bertz CT molecular complexity index is 490. The van der Waals surface area contributed by atoms with Crippen molar-refractivity contribution in [2.24, 2.45) is 5.92 Å². The van der Waals surface area contributed by atoms with Gasteiger partial charge in [-0.2, -0.15) is 0 Å². The second-order valence-electron chi connectivity index (χ2n) is 8.47. The molecule has 3 rings (SSSR count). The highest BCUT2D eigenvalue weighted by molar-refractivity contribution is 5.85. The van der Waals surface area contributed by atoms with Crippen molar-refractivity contribution in [2.45, 2.75) is 64.0 Å². The van der Waals surface area contributed by atoms with E-state index < -0.39 is 0 Å². The molecule has 0 spiro atoms. The molecule has 0 aromatic carbocycles. The molecule has 2 saturated heterocycles. The molecule has 27 heavy (non-hydrogen) atoms. The molecule has 0 bridgehead atoms. The molecule has 2 aliphatic heterocycles. The first kappa shape index (κ1) is 22.4. The normalized spacial score (nSPS) is 27.7. The van der Waals surface area contributed by atoms with Crippen LogP contribution in [-0.2, 0) is 9.59 Å². The number of hydrogen-bond donors (Lipinski definition) is 1. The SMILES string of the molecule is C[C@H]1C[C@@H](C(=O)N2CCN(CC(=O)N(C)C3CCCCC3)CC2)CCN1.Cl. The van der Waals surface area contributed by atoms with Crippen molar-refractivity contribution in [3.63, 3.8) is 0 Å². The molecule has 156 valence electrons. The molecular weight excluding hydrogens is 364 g/mol. The Balaban J connectivity index is 0.00000261. The van der Waals surface area contributed by atoms with Gasteiger partial charge in [-0.05, 0) is 39.2 Å². The largest absolute Gasteiger partial charge is 0.342 e. The van der Waals surface area contributed by atoms with Crippen LogP contribution in [0.2, 0.25) is 0 Å². The predicted molar refractivity (Wildman–Crippen MR) is 110 cm³/mol. The molecule has 1 saturated carbocycles. The van der Waals surface area contributed by atoms with E-state index in [2.05, 4.69) is 17.1 Å².